The normalized spacial score (nSPS) is 12.0. The first kappa shape index (κ1) is 14.9. The standard InChI is InChI=1S/C13H15BrN4OS/c1-13(2,3)10-6-9(16-17-10)12(19)18-15-7-8-4-5-11(14)20-8/h4-7H,1-3H3,(H,16,17)(H,18,19). The van der Waals surface area contributed by atoms with Crippen LogP contribution in [0.15, 0.2) is 27.1 Å². The number of nitrogens with one attached hydrogen (secondary N) is 2. The summed E-state index contributed by atoms with van der Waals surface area (Å²) in [5.74, 6) is -0.330. The fourth-order valence-corrected chi connectivity index (χ4v) is 2.73. The highest BCUT2D eigenvalue weighted by Crippen LogP contribution is 2.21. The molecule has 2 rings (SSSR count). The molecule has 0 unspecified atom stereocenters. The Hall–Kier alpha value is -1.47. The number of carbonyl (C=O) groups is 1. The van der Waals surface area contributed by atoms with E-state index in [9.17, 15) is 4.79 Å². The number of hydrazone groups is 1. The first-order valence-corrected chi connectivity index (χ1v) is 7.62. The third-order valence-electron chi connectivity index (χ3n) is 2.57. The predicted molar refractivity (Wildman–Crippen MR) is 84.4 cm³/mol. The second-order valence-electron chi connectivity index (χ2n) is 5.26. The third kappa shape index (κ3) is 3.77. The van der Waals surface area contributed by atoms with Gasteiger partial charge < -0.3 is 0 Å². The Morgan fingerprint density at radius 2 is 2.25 bits per heavy atom. The van der Waals surface area contributed by atoms with E-state index in [0.717, 1.165) is 14.4 Å². The van der Waals surface area contributed by atoms with Crippen LogP contribution in [0.3, 0.4) is 0 Å². The summed E-state index contributed by atoms with van der Waals surface area (Å²) < 4.78 is 1.02. The number of nitrogens with zero attached hydrogens (tertiary/aromatic N) is 2. The minimum Gasteiger partial charge on any atom is -0.281 e. The summed E-state index contributed by atoms with van der Waals surface area (Å²) in [5, 5.41) is 10.8. The third-order valence-corrected chi connectivity index (χ3v) is 4.13. The molecule has 0 spiro atoms. The summed E-state index contributed by atoms with van der Waals surface area (Å²) in [6, 6.07) is 5.58. The fourth-order valence-electron chi connectivity index (χ4n) is 1.43. The molecule has 0 aliphatic carbocycles. The Bertz CT molecular complexity index is 639. The first-order chi connectivity index (χ1) is 9.36. The van der Waals surface area contributed by atoms with Crippen LogP contribution in [-0.4, -0.2) is 22.3 Å². The zero-order valence-corrected chi connectivity index (χ0v) is 13.8. The number of amides is 1. The van der Waals surface area contributed by atoms with Gasteiger partial charge >= 0.3 is 0 Å². The van der Waals surface area contributed by atoms with Crippen molar-refractivity contribution < 1.29 is 4.79 Å². The number of aromatic nitrogens is 2. The van der Waals surface area contributed by atoms with Crippen molar-refractivity contribution in [3.63, 3.8) is 0 Å². The van der Waals surface area contributed by atoms with E-state index in [-0.39, 0.29) is 11.3 Å². The van der Waals surface area contributed by atoms with Crippen molar-refractivity contribution in [1.82, 2.24) is 15.6 Å². The number of carbonyl (C=O) groups excluding carboxylic acids is 1. The van der Waals surface area contributed by atoms with Gasteiger partial charge in [-0.2, -0.15) is 10.2 Å². The van der Waals surface area contributed by atoms with Gasteiger partial charge in [0.15, 0.2) is 5.69 Å². The van der Waals surface area contributed by atoms with E-state index < -0.39 is 0 Å². The summed E-state index contributed by atoms with van der Waals surface area (Å²) >= 11 is 4.90. The van der Waals surface area contributed by atoms with Crippen molar-refractivity contribution in [3.8, 4) is 0 Å². The second-order valence-corrected chi connectivity index (χ2v) is 7.75. The Morgan fingerprint density at radius 1 is 1.50 bits per heavy atom. The summed E-state index contributed by atoms with van der Waals surface area (Å²) in [4.78, 5) is 12.8. The molecule has 0 radical (unpaired) electrons. The lowest BCUT2D eigenvalue weighted by Gasteiger charge is -2.14. The zero-order valence-electron chi connectivity index (χ0n) is 11.4. The van der Waals surface area contributed by atoms with Crippen LogP contribution in [-0.2, 0) is 5.41 Å². The van der Waals surface area contributed by atoms with Gasteiger partial charge in [-0.15, -0.1) is 11.3 Å². The second kappa shape index (κ2) is 5.88. The lowest BCUT2D eigenvalue weighted by molar-refractivity contribution is 0.0950. The van der Waals surface area contributed by atoms with Gasteiger partial charge in [-0.3, -0.25) is 9.89 Å². The maximum absolute atomic E-state index is 11.9. The van der Waals surface area contributed by atoms with Gasteiger partial charge in [0.1, 0.15) is 0 Å². The lowest BCUT2D eigenvalue weighted by atomic mass is 9.92. The van der Waals surface area contributed by atoms with Gasteiger partial charge in [0.05, 0.1) is 10.0 Å². The molecule has 2 heterocycles. The van der Waals surface area contributed by atoms with Gasteiger partial charge in [0, 0.05) is 16.0 Å². The average Bonchev–Trinajstić information content (AvgIpc) is 2.97. The minimum absolute atomic E-state index is 0.0714. The predicted octanol–water partition coefficient (Wildman–Crippen LogP) is 3.30. The largest absolute Gasteiger partial charge is 0.291 e. The molecule has 2 aromatic heterocycles. The topological polar surface area (TPSA) is 70.1 Å². The van der Waals surface area contributed by atoms with Gasteiger partial charge in [-0.25, -0.2) is 5.43 Å². The molecule has 0 aromatic carbocycles. The summed E-state index contributed by atoms with van der Waals surface area (Å²) in [5.41, 5.74) is 3.63. The molecule has 5 nitrogen and oxygen atoms in total. The van der Waals surface area contributed by atoms with E-state index in [1.807, 2.05) is 12.1 Å². The summed E-state index contributed by atoms with van der Waals surface area (Å²) in [6.45, 7) is 6.15. The minimum atomic E-state index is -0.330. The quantitative estimate of drug-likeness (QED) is 0.655. The molecule has 106 valence electrons. The van der Waals surface area contributed by atoms with E-state index in [0.29, 0.717) is 5.69 Å². The monoisotopic (exact) mass is 354 g/mol. The molecular weight excluding hydrogens is 340 g/mol. The van der Waals surface area contributed by atoms with Crippen molar-refractivity contribution in [3.05, 3.63) is 38.3 Å². The Balaban J connectivity index is 1.98. The Kier molecular flexibility index (Phi) is 4.39. The molecule has 0 aliphatic heterocycles. The van der Waals surface area contributed by atoms with E-state index >= 15 is 0 Å². The Morgan fingerprint density at radius 3 is 2.80 bits per heavy atom. The molecule has 0 saturated carbocycles. The Labute approximate surface area is 129 Å². The van der Waals surface area contributed by atoms with Gasteiger partial charge in [-0.1, -0.05) is 20.8 Å². The number of aromatic amines is 1. The molecule has 0 atom stereocenters. The highest BCUT2D eigenvalue weighted by Gasteiger charge is 2.19. The molecule has 0 fully saturated rings. The number of hydrogen-bond acceptors (Lipinski definition) is 4. The van der Waals surface area contributed by atoms with E-state index in [1.54, 1.807) is 12.3 Å². The molecule has 20 heavy (non-hydrogen) atoms. The van der Waals surface area contributed by atoms with Crippen LogP contribution in [0.5, 0.6) is 0 Å². The molecule has 2 aromatic rings. The number of hydrogen-bond donors (Lipinski definition) is 2. The number of H-pyrrole nitrogens is 1. The van der Waals surface area contributed by atoms with E-state index in [4.69, 9.17) is 0 Å². The maximum Gasteiger partial charge on any atom is 0.291 e. The van der Waals surface area contributed by atoms with Gasteiger partial charge in [-0.05, 0) is 34.1 Å². The average molecular weight is 355 g/mol. The zero-order chi connectivity index (χ0) is 14.8. The van der Waals surface area contributed by atoms with Crippen LogP contribution in [0.4, 0.5) is 0 Å². The lowest BCUT2D eigenvalue weighted by Crippen LogP contribution is -2.18. The molecule has 0 bridgehead atoms. The van der Waals surface area contributed by atoms with Crippen LogP contribution < -0.4 is 5.43 Å². The maximum atomic E-state index is 11.9. The van der Waals surface area contributed by atoms with Gasteiger partial charge in [0.25, 0.3) is 5.91 Å². The van der Waals surface area contributed by atoms with Crippen molar-refractivity contribution in [2.45, 2.75) is 26.2 Å². The SMILES string of the molecule is CC(C)(C)c1cc(C(=O)NN=Cc2ccc(Br)s2)n[nH]1. The molecule has 1 amide bonds. The van der Waals surface area contributed by atoms with Crippen LogP contribution in [0, 0.1) is 0 Å². The van der Waals surface area contributed by atoms with Crippen molar-refractivity contribution in [2.75, 3.05) is 0 Å². The van der Waals surface area contributed by atoms with Crippen LogP contribution in [0.2, 0.25) is 0 Å². The van der Waals surface area contributed by atoms with E-state index in [2.05, 4.69) is 57.4 Å². The molecule has 0 aliphatic rings. The van der Waals surface area contributed by atoms with Crippen molar-refractivity contribution >= 4 is 39.4 Å². The van der Waals surface area contributed by atoms with Crippen LogP contribution in [0.25, 0.3) is 0 Å². The molecule has 0 saturated heterocycles. The van der Waals surface area contributed by atoms with Crippen molar-refractivity contribution in [2.24, 2.45) is 5.10 Å². The highest BCUT2D eigenvalue weighted by molar-refractivity contribution is 9.11. The summed E-state index contributed by atoms with van der Waals surface area (Å²) in [6.07, 6.45) is 1.60. The smallest absolute Gasteiger partial charge is 0.281 e. The van der Waals surface area contributed by atoms with Gasteiger partial charge in [0.2, 0.25) is 0 Å². The first-order valence-electron chi connectivity index (χ1n) is 6.01. The molecular formula is C13H15BrN4OS. The highest BCUT2D eigenvalue weighted by atomic mass is 79.9. The summed E-state index contributed by atoms with van der Waals surface area (Å²) in [7, 11) is 0. The molecule has 2 N–H and O–H groups in total. The van der Waals surface area contributed by atoms with Crippen molar-refractivity contribution in [1.29, 1.82) is 0 Å². The number of rotatable bonds is 3. The van der Waals surface area contributed by atoms with Crippen LogP contribution >= 0.6 is 27.3 Å². The number of thiophene rings is 1. The molecule has 7 heteroatoms. The number of halogens is 1. The fraction of sp³-hybridized carbons (Fsp3) is 0.308. The van der Waals surface area contributed by atoms with Crippen LogP contribution in [0.1, 0.15) is 41.8 Å². The van der Waals surface area contributed by atoms with E-state index in [1.165, 1.54) is 11.3 Å².